The Labute approximate surface area is 220 Å². The number of rotatable bonds is 8. The molecule has 0 aliphatic carbocycles. The molecule has 4 aromatic rings. The number of carbonyl (C=O) groups excluding carboxylic acids is 1. The van der Waals surface area contributed by atoms with Crippen LogP contribution in [0.2, 0.25) is 0 Å². The van der Waals surface area contributed by atoms with Gasteiger partial charge in [-0.2, -0.15) is 0 Å². The largest absolute Gasteiger partial charge is 0.497 e. The third-order valence-electron chi connectivity index (χ3n) is 5.98. The number of ether oxygens (including phenoxy) is 2. The molecular formula is C29H31N3O4S. The van der Waals surface area contributed by atoms with E-state index in [1.807, 2.05) is 13.8 Å². The van der Waals surface area contributed by atoms with Crippen LogP contribution < -0.4 is 20.3 Å². The lowest BCUT2D eigenvalue weighted by Crippen LogP contribution is -2.30. The van der Waals surface area contributed by atoms with Crippen molar-refractivity contribution in [3.8, 4) is 17.2 Å². The number of carbonyl (C=O) groups is 1. The Bertz CT molecular complexity index is 1510. The van der Waals surface area contributed by atoms with Gasteiger partial charge in [-0.05, 0) is 57.0 Å². The van der Waals surface area contributed by atoms with Crippen LogP contribution in [-0.2, 0) is 5.75 Å². The Balaban J connectivity index is 1.89. The summed E-state index contributed by atoms with van der Waals surface area (Å²) in [6, 6.07) is 16.6. The Morgan fingerprint density at radius 1 is 1.00 bits per heavy atom. The summed E-state index contributed by atoms with van der Waals surface area (Å²) in [4.78, 5) is 31.4. The number of aromatic nitrogens is 2. The molecule has 0 aliphatic heterocycles. The zero-order valence-electron chi connectivity index (χ0n) is 21.9. The third kappa shape index (κ3) is 5.80. The van der Waals surface area contributed by atoms with E-state index in [0.29, 0.717) is 44.6 Å². The molecular weight excluding hydrogens is 486 g/mol. The van der Waals surface area contributed by atoms with E-state index in [-0.39, 0.29) is 17.5 Å². The maximum absolute atomic E-state index is 13.9. The fourth-order valence-corrected chi connectivity index (χ4v) is 5.07. The molecule has 0 radical (unpaired) electrons. The first-order chi connectivity index (χ1) is 17.7. The van der Waals surface area contributed by atoms with Crippen molar-refractivity contribution >= 4 is 28.6 Å². The lowest BCUT2D eigenvalue weighted by atomic mass is 10.1. The summed E-state index contributed by atoms with van der Waals surface area (Å²) in [5.74, 6) is 1.55. The molecule has 4 rings (SSSR count). The Morgan fingerprint density at radius 3 is 2.35 bits per heavy atom. The number of thioether (sulfide) groups is 1. The number of hydrogen-bond acceptors (Lipinski definition) is 6. The van der Waals surface area contributed by atoms with Gasteiger partial charge < -0.3 is 14.8 Å². The van der Waals surface area contributed by atoms with Crippen LogP contribution in [0.3, 0.4) is 0 Å². The number of hydrogen-bond donors (Lipinski definition) is 1. The van der Waals surface area contributed by atoms with E-state index in [2.05, 4.69) is 37.4 Å². The molecule has 0 aliphatic rings. The molecule has 7 nitrogen and oxygen atoms in total. The summed E-state index contributed by atoms with van der Waals surface area (Å²) in [6.45, 7) is 7.94. The Hall–Kier alpha value is -3.78. The minimum absolute atomic E-state index is 0.00381. The molecule has 0 fully saturated rings. The summed E-state index contributed by atoms with van der Waals surface area (Å²) in [5, 5.41) is 3.82. The lowest BCUT2D eigenvalue weighted by molar-refractivity contribution is 0.0943. The molecule has 1 N–H and O–H groups in total. The van der Waals surface area contributed by atoms with Crippen molar-refractivity contribution in [2.45, 2.75) is 44.6 Å². The van der Waals surface area contributed by atoms with Crippen LogP contribution in [0, 0.1) is 13.8 Å². The average Bonchev–Trinajstić information content (AvgIpc) is 2.88. The molecule has 1 aromatic heterocycles. The van der Waals surface area contributed by atoms with E-state index in [9.17, 15) is 9.59 Å². The molecule has 0 atom stereocenters. The maximum atomic E-state index is 13.9. The highest BCUT2D eigenvalue weighted by Crippen LogP contribution is 2.30. The summed E-state index contributed by atoms with van der Waals surface area (Å²) in [7, 11) is 3.14. The lowest BCUT2D eigenvalue weighted by Gasteiger charge is -2.16. The molecule has 37 heavy (non-hydrogen) atoms. The molecule has 0 saturated carbocycles. The predicted octanol–water partition coefficient (Wildman–Crippen LogP) is 5.45. The number of methoxy groups -OCH3 is 2. The third-order valence-corrected chi connectivity index (χ3v) is 6.96. The van der Waals surface area contributed by atoms with Crippen molar-refractivity contribution in [1.29, 1.82) is 0 Å². The average molecular weight is 518 g/mol. The molecule has 192 valence electrons. The van der Waals surface area contributed by atoms with Crippen molar-refractivity contribution in [3.63, 3.8) is 0 Å². The zero-order chi connectivity index (χ0) is 26.7. The second kappa shape index (κ2) is 11.1. The first-order valence-electron chi connectivity index (χ1n) is 12.0. The van der Waals surface area contributed by atoms with Crippen LogP contribution in [0.5, 0.6) is 11.5 Å². The van der Waals surface area contributed by atoms with E-state index < -0.39 is 0 Å². The number of nitrogens with zero attached hydrogens (tertiary/aromatic N) is 2. The van der Waals surface area contributed by atoms with E-state index in [1.165, 1.54) is 28.5 Å². The van der Waals surface area contributed by atoms with Crippen molar-refractivity contribution in [2.75, 3.05) is 14.2 Å². The highest BCUT2D eigenvalue weighted by atomic mass is 32.2. The van der Waals surface area contributed by atoms with Crippen LogP contribution in [0.1, 0.15) is 40.9 Å². The monoisotopic (exact) mass is 517 g/mol. The van der Waals surface area contributed by atoms with Gasteiger partial charge in [-0.3, -0.25) is 14.2 Å². The molecule has 0 unspecified atom stereocenters. The van der Waals surface area contributed by atoms with Crippen LogP contribution in [0.4, 0.5) is 0 Å². The summed E-state index contributed by atoms with van der Waals surface area (Å²) in [6.07, 6.45) is 0. The van der Waals surface area contributed by atoms with E-state index in [4.69, 9.17) is 14.5 Å². The molecule has 3 aromatic carbocycles. The summed E-state index contributed by atoms with van der Waals surface area (Å²) < 4.78 is 12.5. The van der Waals surface area contributed by atoms with E-state index in [0.717, 1.165) is 0 Å². The van der Waals surface area contributed by atoms with Gasteiger partial charge in [-0.15, -0.1) is 0 Å². The SMILES string of the molecule is COc1cc(OC)cc(-n2c(SCc3cc(C)ccc3C)nc3cc(C(=O)NC(C)C)ccc3c2=O)c1. The first kappa shape index (κ1) is 26.3. The van der Waals surface area contributed by atoms with Crippen molar-refractivity contribution < 1.29 is 14.3 Å². The second-order valence-corrected chi connectivity index (χ2v) is 10.1. The minimum Gasteiger partial charge on any atom is -0.497 e. The normalized spacial score (nSPS) is 11.1. The minimum atomic E-state index is -0.236. The van der Waals surface area contributed by atoms with Gasteiger partial charge in [0.2, 0.25) is 0 Å². The van der Waals surface area contributed by atoms with Crippen LogP contribution in [-0.4, -0.2) is 35.7 Å². The fraction of sp³-hybridized carbons (Fsp3) is 0.276. The molecule has 0 saturated heterocycles. The fourth-order valence-electron chi connectivity index (χ4n) is 4.00. The maximum Gasteiger partial charge on any atom is 0.266 e. The highest BCUT2D eigenvalue weighted by Gasteiger charge is 2.18. The first-order valence-corrected chi connectivity index (χ1v) is 13.0. The van der Waals surface area contributed by atoms with E-state index >= 15 is 0 Å². The number of amides is 1. The Morgan fingerprint density at radius 2 is 1.70 bits per heavy atom. The van der Waals surface area contributed by atoms with Crippen molar-refractivity contribution in [1.82, 2.24) is 14.9 Å². The van der Waals surface area contributed by atoms with Gasteiger partial charge in [-0.1, -0.05) is 35.5 Å². The number of aryl methyl sites for hydroxylation is 2. The quantitative estimate of drug-likeness (QED) is 0.247. The van der Waals surface area contributed by atoms with Crippen LogP contribution in [0.15, 0.2) is 64.5 Å². The highest BCUT2D eigenvalue weighted by molar-refractivity contribution is 7.98. The van der Waals surface area contributed by atoms with Crippen molar-refractivity contribution in [3.05, 3.63) is 87.2 Å². The second-order valence-electron chi connectivity index (χ2n) is 9.18. The molecule has 8 heteroatoms. The summed E-state index contributed by atoms with van der Waals surface area (Å²) >= 11 is 1.47. The topological polar surface area (TPSA) is 82.4 Å². The molecule has 0 bridgehead atoms. The van der Waals surface area contributed by atoms with Gasteiger partial charge in [0.15, 0.2) is 5.16 Å². The van der Waals surface area contributed by atoms with Gasteiger partial charge in [-0.25, -0.2) is 4.98 Å². The zero-order valence-corrected chi connectivity index (χ0v) is 22.7. The van der Waals surface area contributed by atoms with Gasteiger partial charge >= 0.3 is 0 Å². The smallest absolute Gasteiger partial charge is 0.266 e. The van der Waals surface area contributed by atoms with Gasteiger partial charge in [0, 0.05) is 35.6 Å². The van der Waals surface area contributed by atoms with Crippen LogP contribution in [0.25, 0.3) is 16.6 Å². The van der Waals surface area contributed by atoms with Gasteiger partial charge in [0.1, 0.15) is 11.5 Å². The molecule has 1 heterocycles. The standard InChI is InChI=1S/C29H31N3O4S/c1-17(2)30-27(33)20-9-10-25-26(12-20)31-29(37-16-21-11-18(3)7-8-19(21)4)32(28(25)34)22-13-23(35-5)15-24(14-22)36-6/h7-15,17H,16H2,1-6H3,(H,30,33). The number of nitrogens with one attached hydrogen (secondary N) is 1. The van der Waals surface area contributed by atoms with Gasteiger partial charge in [0.05, 0.1) is 30.8 Å². The van der Waals surface area contributed by atoms with Gasteiger partial charge in [0.25, 0.3) is 11.5 Å². The number of fused-ring (bicyclic) bond motifs is 1. The summed E-state index contributed by atoms with van der Waals surface area (Å²) in [5.41, 5.74) is 4.78. The predicted molar refractivity (Wildman–Crippen MR) is 149 cm³/mol. The molecule has 0 spiro atoms. The van der Waals surface area contributed by atoms with Crippen molar-refractivity contribution in [2.24, 2.45) is 0 Å². The molecule has 1 amide bonds. The van der Waals surface area contributed by atoms with E-state index in [1.54, 1.807) is 55.2 Å². The van der Waals surface area contributed by atoms with Crippen LogP contribution >= 0.6 is 11.8 Å². The Kier molecular flexibility index (Phi) is 7.88. The number of benzene rings is 3.